The van der Waals surface area contributed by atoms with Crippen molar-refractivity contribution in [3.63, 3.8) is 0 Å². The summed E-state index contributed by atoms with van der Waals surface area (Å²) in [5.74, 6) is 2.42. The van der Waals surface area contributed by atoms with Gasteiger partial charge < -0.3 is 10.1 Å². The normalized spacial score (nSPS) is 23.4. The van der Waals surface area contributed by atoms with Crippen LogP contribution in [0, 0.1) is 11.8 Å². The largest absolute Gasteiger partial charge is 0.497 e. The van der Waals surface area contributed by atoms with Crippen LogP contribution in [-0.2, 0) is 0 Å². The number of hydrogen-bond donors (Lipinski definition) is 1. The van der Waals surface area contributed by atoms with Gasteiger partial charge in [0.2, 0.25) is 0 Å². The summed E-state index contributed by atoms with van der Waals surface area (Å²) in [4.78, 5) is 0. The first-order valence-electron chi connectivity index (χ1n) is 7.21. The molecule has 0 heterocycles. The number of ether oxygens (including phenoxy) is 1. The molecule has 2 unspecified atom stereocenters. The summed E-state index contributed by atoms with van der Waals surface area (Å²) in [6, 6.07) is 6.80. The van der Waals surface area contributed by atoms with E-state index in [0.717, 1.165) is 27.7 Å². The molecule has 0 spiro atoms. The van der Waals surface area contributed by atoms with E-state index in [9.17, 15) is 0 Å². The maximum atomic E-state index is 5.33. The lowest BCUT2D eigenvalue weighted by Gasteiger charge is -2.35. The molecule has 1 aromatic rings. The maximum absolute atomic E-state index is 5.33. The van der Waals surface area contributed by atoms with Crippen LogP contribution in [0.2, 0.25) is 0 Å². The lowest BCUT2D eigenvalue weighted by Crippen LogP contribution is -2.35. The minimum absolute atomic E-state index is 0.591. The maximum Gasteiger partial charge on any atom is 0.122 e. The van der Waals surface area contributed by atoms with Crippen LogP contribution in [0.5, 0.6) is 5.75 Å². The van der Waals surface area contributed by atoms with Crippen molar-refractivity contribution >= 4 is 21.6 Å². The first kappa shape index (κ1) is 14.7. The van der Waals surface area contributed by atoms with Gasteiger partial charge in [-0.1, -0.05) is 42.6 Å². The molecule has 2 nitrogen and oxygen atoms in total. The standard InChI is InChI=1S/C16H24BrNO/c1-11(2)15-6-4-5-7-16(15)18-13-8-12(17)9-14(10-13)19-3/h8-11,15-16,18H,4-7H2,1-3H3. The lowest BCUT2D eigenvalue weighted by molar-refractivity contribution is 0.254. The Bertz CT molecular complexity index is 419. The molecule has 2 atom stereocenters. The third-order valence-corrected chi connectivity index (χ3v) is 4.59. The highest BCUT2D eigenvalue weighted by atomic mass is 79.9. The Morgan fingerprint density at radius 3 is 2.63 bits per heavy atom. The van der Waals surface area contributed by atoms with Gasteiger partial charge >= 0.3 is 0 Å². The van der Waals surface area contributed by atoms with Crippen LogP contribution in [0.4, 0.5) is 5.69 Å². The fourth-order valence-electron chi connectivity index (χ4n) is 3.11. The molecule has 0 aromatic heterocycles. The predicted octanol–water partition coefficient (Wildman–Crippen LogP) is 5.08. The summed E-state index contributed by atoms with van der Waals surface area (Å²) >= 11 is 3.54. The van der Waals surface area contributed by atoms with Crippen molar-refractivity contribution in [3.8, 4) is 5.75 Å². The highest BCUT2D eigenvalue weighted by Crippen LogP contribution is 2.33. The molecule has 0 aliphatic heterocycles. The quantitative estimate of drug-likeness (QED) is 0.833. The second kappa shape index (κ2) is 6.65. The summed E-state index contributed by atoms with van der Waals surface area (Å²) in [6.07, 6.45) is 5.34. The molecule has 19 heavy (non-hydrogen) atoms. The minimum atomic E-state index is 0.591. The van der Waals surface area contributed by atoms with Crippen LogP contribution >= 0.6 is 15.9 Å². The van der Waals surface area contributed by atoms with Gasteiger partial charge in [0.05, 0.1) is 7.11 Å². The van der Waals surface area contributed by atoms with Gasteiger partial charge in [0.25, 0.3) is 0 Å². The number of hydrogen-bond acceptors (Lipinski definition) is 2. The Balaban J connectivity index is 2.12. The Hall–Kier alpha value is -0.700. The molecular formula is C16H24BrNO. The molecular weight excluding hydrogens is 302 g/mol. The molecule has 1 saturated carbocycles. The zero-order chi connectivity index (χ0) is 13.8. The fourth-order valence-corrected chi connectivity index (χ4v) is 3.59. The van der Waals surface area contributed by atoms with Gasteiger partial charge in [-0.05, 0) is 36.8 Å². The molecule has 0 radical (unpaired) electrons. The van der Waals surface area contributed by atoms with Crippen LogP contribution in [0.15, 0.2) is 22.7 Å². The smallest absolute Gasteiger partial charge is 0.122 e. The van der Waals surface area contributed by atoms with E-state index in [-0.39, 0.29) is 0 Å². The van der Waals surface area contributed by atoms with Crippen LogP contribution < -0.4 is 10.1 Å². The Labute approximate surface area is 125 Å². The fraction of sp³-hybridized carbons (Fsp3) is 0.625. The second-order valence-electron chi connectivity index (χ2n) is 5.82. The molecule has 0 amide bonds. The summed E-state index contributed by atoms with van der Waals surface area (Å²) in [6.45, 7) is 4.68. The molecule has 1 aliphatic rings. The Morgan fingerprint density at radius 1 is 1.21 bits per heavy atom. The van der Waals surface area contributed by atoms with Crippen molar-refractivity contribution < 1.29 is 4.74 Å². The summed E-state index contributed by atoms with van der Waals surface area (Å²) in [7, 11) is 1.71. The summed E-state index contributed by atoms with van der Waals surface area (Å²) in [5.41, 5.74) is 1.16. The van der Waals surface area contributed by atoms with Crippen molar-refractivity contribution in [1.82, 2.24) is 0 Å². The van der Waals surface area contributed by atoms with Gasteiger partial charge in [-0.25, -0.2) is 0 Å². The molecule has 2 rings (SSSR count). The topological polar surface area (TPSA) is 21.3 Å². The predicted molar refractivity (Wildman–Crippen MR) is 84.9 cm³/mol. The molecule has 0 bridgehead atoms. The van der Waals surface area contributed by atoms with E-state index in [0.29, 0.717) is 6.04 Å². The zero-order valence-electron chi connectivity index (χ0n) is 12.1. The number of anilines is 1. The first-order valence-corrected chi connectivity index (χ1v) is 8.00. The van der Waals surface area contributed by atoms with Crippen molar-refractivity contribution in [1.29, 1.82) is 0 Å². The lowest BCUT2D eigenvalue weighted by atomic mass is 9.78. The third-order valence-electron chi connectivity index (χ3n) is 4.13. The molecule has 1 fully saturated rings. The molecule has 1 aliphatic carbocycles. The number of benzene rings is 1. The van der Waals surface area contributed by atoms with Crippen LogP contribution in [0.3, 0.4) is 0 Å². The van der Waals surface area contributed by atoms with Crippen LogP contribution in [0.25, 0.3) is 0 Å². The molecule has 1 aromatic carbocycles. The number of halogens is 1. The number of nitrogens with one attached hydrogen (secondary N) is 1. The van der Waals surface area contributed by atoms with Crippen molar-refractivity contribution in [2.45, 2.75) is 45.6 Å². The number of methoxy groups -OCH3 is 1. The molecule has 3 heteroatoms. The molecule has 106 valence electrons. The van der Waals surface area contributed by atoms with Gasteiger partial charge in [-0.15, -0.1) is 0 Å². The average Bonchev–Trinajstić information content (AvgIpc) is 2.38. The Kier molecular flexibility index (Phi) is 5.14. The van der Waals surface area contributed by atoms with Gasteiger partial charge in [0.1, 0.15) is 5.75 Å². The van der Waals surface area contributed by atoms with E-state index in [1.807, 2.05) is 6.07 Å². The average molecular weight is 326 g/mol. The SMILES string of the molecule is COc1cc(Br)cc(NC2CCCCC2C(C)C)c1. The van der Waals surface area contributed by atoms with E-state index in [2.05, 4.69) is 47.2 Å². The van der Waals surface area contributed by atoms with E-state index >= 15 is 0 Å². The van der Waals surface area contributed by atoms with Crippen LogP contribution in [-0.4, -0.2) is 13.2 Å². The van der Waals surface area contributed by atoms with Crippen molar-refractivity contribution in [2.75, 3.05) is 12.4 Å². The van der Waals surface area contributed by atoms with E-state index < -0.39 is 0 Å². The van der Waals surface area contributed by atoms with Gasteiger partial charge in [-0.2, -0.15) is 0 Å². The van der Waals surface area contributed by atoms with Gasteiger partial charge in [-0.3, -0.25) is 0 Å². The second-order valence-corrected chi connectivity index (χ2v) is 6.74. The summed E-state index contributed by atoms with van der Waals surface area (Å²) in [5, 5.41) is 3.72. The van der Waals surface area contributed by atoms with Crippen molar-refractivity contribution in [2.24, 2.45) is 11.8 Å². The van der Waals surface area contributed by atoms with Gasteiger partial charge in [0, 0.05) is 22.3 Å². The summed E-state index contributed by atoms with van der Waals surface area (Å²) < 4.78 is 6.39. The van der Waals surface area contributed by atoms with Crippen LogP contribution in [0.1, 0.15) is 39.5 Å². The Morgan fingerprint density at radius 2 is 1.95 bits per heavy atom. The van der Waals surface area contributed by atoms with Gasteiger partial charge in [0.15, 0.2) is 0 Å². The van der Waals surface area contributed by atoms with E-state index in [4.69, 9.17) is 4.74 Å². The minimum Gasteiger partial charge on any atom is -0.497 e. The highest BCUT2D eigenvalue weighted by molar-refractivity contribution is 9.10. The zero-order valence-corrected chi connectivity index (χ0v) is 13.7. The number of rotatable bonds is 4. The van der Waals surface area contributed by atoms with Crippen molar-refractivity contribution in [3.05, 3.63) is 22.7 Å². The first-order chi connectivity index (χ1) is 9.10. The highest BCUT2D eigenvalue weighted by Gasteiger charge is 2.27. The third kappa shape index (κ3) is 3.88. The molecule has 0 saturated heterocycles. The van der Waals surface area contributed by atoms with E-state index in [1.165, 1.54) is 25.7 Å². The van der Waals surface area contributed by atoms with E-state index in [1.54, 1.807) is 7.11 Å². The monoisotopic (exact) mass is 325 g/mol. The molecule has 1 N–H and O–H groups in total.